The van der Waals surface area contributed by atoms with Gasteiger partial charge in [-0.3, -0.25) is 5.41 Å². The summed E-state index contributed by atoms with van der Waals surface area (Å²) in [5, 5.41) is 12.2. The first-order valence-corrected chi connectivity index (χ1v) is 12.9. The highest BCUT2D eigenvalue weighted by Crippen LogP contribution is 2.36. The SMILES string of the molecule is N=C(c1ccc(Oc2cccc(COc3ccccc3C(F)(F)F)c2)cc1)c1c(N)ncnc1NC1CCCC1. The third-order valence-electron chi connectivity index (χ3n) is 6.69. The first kappa shape index (κ1) is 27.0. The molecule has 1 heterocycles. The van der Waals surface area contributed by atoms with Crippen LogP contribution in [0, 0.1) is 5.41 Å². The molecule has 0 unspecified atom stereocenters. The summed E-state index contributed by atoms with van der Waals surface area (Å²) in [6.07, 6.45) is 1.32. The first-order valence-electron chi connectivity index (χ1n) is 12.9. The number of hydrogen-bond donors (Lipinski definition) is 3. The van der Waals surface area contributed by atoms with Crippen molar-refractivity contribution in [2.24, 2.45) is 0 Å². The maximum Gasteiger partial charge on any atom is 0.419 e. The minimum atomic E-state index is -4.50. The zero-order valence-corrected chi connectivity index (χ0v) is 21.5. The number of benzene rings is 3. The van der Waals surface area contributed by atoms with Crippen LogP contribution in [0.3, 0.4) is 0 Å². The maximum atomic E-state index is 13.2. The average Bonchev–Trinajstić information content (AvgIpc) is 3.45. The lowest BCUT2D eigenvalue weighted by atomic mass is 10.0. The smallest absolute Gasteiger partial charge is 0.419 e. The molecule has 1 saturated carbocycles. The van der Waals surface area contributed by atoms with Gasteiger partial charge in [0, 0.05) is 11.6 Å². The van der Waals surface area contributed by atoms with Crippen molar-refractivity contribution in [1.82, 2.24) is 9.97 Å². The van der Waals surface area contributed by atoms with E-state index in [2.05, 4.69) is 15.3 Å². The second kappa shape index (κ2) is 11.6. The standard InChI is InChI=1S/C30H28F3N5O2/c31-30(32,33)24-10-3-4-11-25(24)39-17-19-6-5-9-23(16-19)40-22-14-12-20(13-15-22)27(34)26-28(35)36-18-37-29(26)38-21-7-1-2-8-21/h3-6,9-16,18,21,34H,1-2,7-8,17H2,(H3,35,36,37,38). The van der Waals surface area contributed by atoms with Crippen molar-refractivity contribution in [3.8, 4) is 17.2 Å². The number of aromatic nitrogens is 2. The lowest BCUT2D eigenvalue weighted by molar-refractivity contribution is -0.139. The number of para-hydroxylation sites is 1. The number of nitrogens with zero attached hydrogens (tertiary/aromatic N) is 2. The second-order valence-corrected chi connectivity index (χ2v) is 9.54. The van der Waals surface area contributed by atoms with Gasteiger partial charge in [0.25, 0.3) is 0 Å². The van der Waals surface area contributed by atoms with E-state index >= 15 is 0 Å². The molecule has 0 saturated heterocycles. The molecule has 1 aromatic heterocycles. The van der Waals surface area contributed by atoms with Gasteiger partial charge in [0.2, 0.25) is 0 Å². The Hall–Kier alpha value is -4.60. The zero-order chi connectivity index (χ0) is 28.1. The fourth-order valence-electron chi connectivity index (χ4n) is 4.68. The molecule has 0 aliphatic heterocycles. The average molecular weight is 548 g/mol. The molecule has 10 heteroatoms. The Morgan fingerprint density at radius 1 is 0.950 bits per heavy atom. The van der Waals surface area contributed by atoms with Crippen LogP contribution in [-0.2, 0) is 12.8 Å². The van der Waals surface area contributed by atoms with Crippen molar-refractivity contribution in [3.63, 3.8) is 0 Å². The van der Waals surface area contributed by atoms with Crippen LogP contribution in [0.1, 0.15) is 47.9 Å². The van der Waals surface area contributed by atoms with Gasteiger partial charge in [-0.15, -0.1) is 0 Å². The van der Waals surface area contributed by atoms with Crippen molar-refractivity contribution >= 4 is 17.3 Å². The molecule has 1 fully saturated rings. The molecule has 0 spiro atoms. The molecular weight excluding hydrogens is 519 g/mol. The van der Waals surface area contributed by atoms with Crippen molar-refractivity contribution < 1.29 is 22.6 Å². The van der Waals surface area contributed by atoms with E-state index in [1.54, 1.807) is 48.5 Å². The number of hydrogen-bond acceptors (Lipinski definition) is 7. The molecule has 4 aromatic rings. The number of nitrogens with two attached hydrogens (primary N) is 1. The van der Waals surface area contributed by atoms with E-state index in [1.807, 2.05) is 0 Å². The van der Waals surface area contributed by atoms with E-state index in [1.165, 1.54) is 24.5 Å². The molecule has 0 radical (unpaired) electrons. The molecule has 0 atom stereocenters. The quantitative estimate of drug-likeness (QED) is 0.191. The number of anilines is 2. The Morgan fingerprint density at radius 2 is 1.70 bits per heavy atom. The lowest BCUT2D eigenvalue weighted by Crippen LogP contribution is -2.20. The van der Waals surface area contributed by atoms with Crippen LogP contribution in [0.5, 0.6) is 17.2 Å². The van der Waals surface area contributed by atoms with Crippen LogP contribution in [0.2, 0.25) is 0 Å². The highest BCUT2D eigenvalue weighted by Gasteiger charge is 2.34. The summed E-state index contributed by atoms with van der Waals surface area (Å²) in [4.78, 5) is 8.44. The Bertz CT molecular complexity index is 1490. The molecule has 1 aliphatic carbocycles. The fourth-order valence-corrected chi connectivity index (χ4v) is 4.68. The second-order valence-electron chi connectivity index (χ2n) is 9.54. The summed E-state index contributed by atoms with van der Waals surface area (Å²) in [7, 11) is 0. The largest absolute Gasteiger partial charge is 0.488 e. The van der Waals surface area contributed by atoms with Gasteiger partial charge in [-0.2, -0.15) is 13.2 Å². The van der Waals surface area contributed by atoms with Gasteiger partial charge in [0.05, 0.1) is 16.8 Å². The van der Waals surface area contributed by atoms with E-state index in [4.69, 9.17) is 20.6 Å². The summed E-state index contributed by atoms with van der Waals surface area (Å²) < 4.78 is 51.2. The fraction of sp³-hybridized carbons (Fsp3) is 0.233. The topological polar surface area (TPSA) is 106 Å². The van der Waals surface area contributed by atoms with Crippen LogP contribution in [-0.4, -0.2) is 21.7 Å². The molecule has 5 rings (SSSR count). The molecule has 1 aliphatic rings. The predicted molar refractivity (Wildman–Crippen MR) is 147 cm³/mol. The monoisotopic (exact) mass is 547 g/mol. The highest BCUT2D eigenvalue weighted by molar-refractivity contribution is 6.16. The Morgan fingerprint density at radius 3 is 2.45 bits per heavy atom. The van der Waals surface area contributed by atoms with E-state index in [-0.39, 0.29) is 23.9 Å². The van der Waals surface area contributed by atoms with Crippen LogP contribution in [0.15, 0.2) is 79.1 Å². The molecule has 7 nitrogen and oxygen atoms in total. The number of halogens is 3. The van der Waals surface area contributed by atoms with E-state index in [0.29, 0.717) is 40.0 Å². The van der Waals surface area contributed by atoms with Gasteiger partial charge in [-0.05, 0) is 66.9 Å². The maximum absolute atomic E-state index is 13.2. The minimum absolute atomic E-state index is 0.0574. The van der Waals surface area contributed by atoms with Crippen LogP contribution in [0.25, 0.3) is 0 Å². The van der Waals surface area contributed by atoms with Gasteiger partial charge in [-0.25, -0.2) is 9.97 Å². The number of rotatable bonds is 9. The normalized spacial score (nSPS) is 13.7. The third-order valence-corrected chi connectivity index (χ3v) is 6.69. The van der Waals surface area contributed by atoms with Gasteiger partial charge in [-0.1, -0.05) is 37.1 Å². The molecule has 206 valence electrons. The number of nitrogens with one attached hydrogen (secondary N) is 2. The van der Waals surface area contributed by atoms with Gasteiger partial charge in [0.1, 0.15) is 41.8 Å². The molecule has 0 bridgehead atoms. The van der Waals surface area contributed by atoms with E-state index in [0.717, 1.165) is 31.7 Å². The van der Waals surface area contributed by atoms with Crippen molar-refractivity contribution in [3.05, 3.63) is 101 Å². The van der Waals surface area contributed by atoms with Gasteiger partial charge < -0.3 is 20.5 Å². The molecule has 40 heavy (non-hydrogen) atoms. The van der Waals surface area contributed by atoms with Gasteiger partial charge >= 0.3 is 6.18 Å². The van der Waals surface area contributed by atoms with Crippen molar-refractivity contribution in [2.75, 3.05) is 11.1 Å². The zero-order valence-electron chi connectivity index (χ0n) is 21.5. The van der Waals surface area contributed by atoms with Crippen LogP contribution >= 0.6 is 0 Å². The Kier molecular flexibility index (Phi) is 7.86. The number of ether oxygens (including phenoxy) is 2. The summed E-state index contributed by atoms with van der Waals surface area (Å²) in [5.74, 6) is 1.58. The summed E-state index contributed by atoms with van der Waals surface area (Å²) >= 11 is 0. The summed E-state index contributed by atoms with van der Waals surface area (Å²) in [6.45, 7) is -0.0574. The first-order chi connectivity index (χ1) is 19.3. The van der Waals surface area contributed by atoms with Crippen LogP contribution in [0.4, 0.5) is 24.8 Å². The highest BCUT2D eigenvalue weighted by atomic mass is 19.4. The Balaban J connectivity index is 1.26. The van der Waals surface area contributed by atoms with Gasteiger partial charge in [0.15, 0.2) is 0 Å². The molecular formula is C30H28F3N5O2. The van der Waals surface area contributed by atoms with Crippen LogP contribution < -0.4 is 20.5 Å². The Labute approximate surface area is 229 Å². The van der Waals surface area contributed by atoms with E-state index < -0.39 is 11.7 Å². The van der Waals surface area contributed by atoms with E-state index in [9.17, 15) is 13.2 Å². The molecule has 0 amide bonds. The molecule has 4 N–H and O–H groups in total. The van der Waals surface area contributed by atoms with Crippen molar-refractivity contribution in [2.45, 2.75) is 44.5 Å². The summed E-state index contributed by atoms with van der Waals surface area (Å²) in [6, 6.07) is 19.3. The predicted octanol–water partition coefficient (Wildman–Crippen LogP) is 7.22. The number of alkyl halides is 3. The number of nitrogen functional groups attached to an aromatic ring is 1. The summed E-state index contributed by atoms with van der Waals surface area (Å²) in [5.41, 5.74) is 7.25. The minimum Gasteiger partial charge on any atom is -0.488 e. The molecule has 3 aromatic carbocycles. The van der Waals surface area contributed by atoms with Crippen molar-refractivity contribution in [1.29, 1.82) is 5.41 Å². The third kappa shape index (κ3) is 6.33. The lowest BCUT2D eigenvalue weighted by Gasteiger charge is -2.17.